The van der Waals surface area contributed by atoms with Crippen LogP contribution in [0.3, 0.4) is 0 Å². The Kier molecular flexibility index (Phi) is 3.12. The fourth-order valence-corrected chi connectivity index (χ4v) is 1.89. The second-order valence-corrected chi connectivity index (χ2v) is 3.93. The number of ether oxygens (including phenoxy) is 1. The molecule has 2 rings (SSSR count). The summed E-state index contributed by atoms with van der Waals surface area (Å²) in [5, 5.41) is 9.55. The van der Waals surface area contributed by atoms with E-state index in [-0.39, 0.29) is 0 Å². The van der Waals surface area contributed by atoms with Gasteiger partial charge in [0.25, 0.3) is 5.56 Å². The number of rotatable bonds is 2. The maximum atomic E-state index is 13.8. The van der Waals surface area contributed by atoms with E-state index >= 15 is 0 Å². The number of H-pyrrole nitrogens is 1. The minimum absolute atomic E-state index is 0.441. The lowest BCUT2D eigenvalue weighted by atomic mass is 10.1. The molecule has 0 unspecified atom stereocenters. The molecule has 1 aromatic rings. The molecule has 17 heavy (non-hydrogen) atoms. The Bertz CT molecular complexity index is 512. The summed E-state index contributed by atoms with van der Waals surface area (Å²) in [5.41, 5.74) is -1.32. The van der Waals surface area contributed by atoms with Crippen molar-refractivity contribution in [3.05, 3.63) is 33.1 Å². The molecule has 6 nitrogen and oxygen atoms in total. The zero-order chi connectivity index (χ0) is 12.6. The molecule has 0 saturated carbocycles. The molecule has 0 radical (unpaired) electrons. The molecule has 1 aliphatic rings. The van der Waals surface area contributed by atoms with E-state index < -0.39 is 35.9 Å². The summed E-state index contributed by atoms with van der Waals surface area (Å²) in [6.07, 6.45) is -3.19. The minimum atomic E-state index is -1.69. The van der Waals surface area contributed by atoms with Gasteiger partial charge in [-0.15, -0.1) is 0 Å². The van der Waals surface area contributed by atoms with Crippen molar-refractivity contribution in [2.45, 2.75) is 38.0 Å². The highest BCUT2D eigenvalue weighted by atomic mass is 19.1. The van der Waals surface area contributed by atoms with Crippen LogP contribution in [0, 0.1) is 0 Å². The lowest BCUT2D eigenvalue weighted by Gasteiger charge is -2.15. The quantitative estimate of drug-likeness (QED) is 0.737. The Morgan fingerprint density at radius 2 is 2.29 bits per heavy atom. The molecule has 1 saturated heterocycles. The number of alkyl halides is 1. The third-order valence-corrected chi connectivity index (χ3v) is 2.82. The lowest BCUT2D eigenvalue weighted by Crippen LogP contribution is -2.35. The number of aromatic amines is 1. The van der Waals surface area contributed by atoms with E-state index in [4.69, 9.17) is 4.74 Å². The number of hydrogen-bond acceptors (Lipinski definition) is 4. The normalized spacial score (nSPS) is 32.9. The summed E-state index contributed by atoms with van der Waals surface area (Å²) in [5.74, 6) is 0. The van der Waals surface area contributed by atoms with Crippen molar-refractivity contribution >= 4 is 0 Å². The van der Waals surface area contributed by atoms with Crippen molar-refractivity contribution in [3.8, 4) is 0 Å². The average molecular weight is 244 g/mol. The van der Waals surface area contributed by atoms with Crippen molar-refractivity contribution in [1.29, 1.82) is 0 Å². The number of aliphatic hydroxyl groups is 1. The zero-order valence-electron chi connectivity index (χ0n) is 9.17. The average Bonchev–Trinajstić information content (AvgIpc) is 2.57. The largest absolute Gasteiger partial charge is 0.387 e. The first-order valence-electron chi connectivity index (χ1n) is 5.33. The van der Waals surface area contributed by atoms with Gasteiger partial charge in [0, 0.05) is 12.3 Å². The van der Waals surface area contributed by atoms with Gasteiger partial charge in [-0.25, -0.2) is 9.18 Å². The van der Waals surface area contributed by atoms with Crippen LogP contribution in [0.25, 0.3) is 0 Å². The zero-order valence-corrected chi connectivity index (χ0v) is 9.17. The number of aliphatic hydroxyl groups excluding tert-OH is 1. The van der Waals surface area contributed by atoms with Crippen LogP contribution < -0.4 is 11.2 Å². The van der Waals surface area contributed by atoms with Gasteiger partial charge < -0.3 is 9.84 Å². The monoisotopic (exact) mass is 244 g/mol. The lowest BCUT2D eigenvalue weighted by molar-refractivity contribution is -0.0280. The van der Waals surface area contributed by atoms with Crippen LogP contribution in [0.1, 0.15) is 19.6 Å². The van der Waals surface area contributed by atoms with E-state index in [2.05, 4.69) is 0 Å². The molecule has 0 aliphatic carbocycles. The van der Waals surface area contributed by atoms with Gasteiger partial charge in [-0.2, -0.15) is 0 Å². The molecular formula is C10H13FN2O4. The Morgan fingerprint density at radius 1 is 1.59 bits per heavy atom. The van der Waals surface area contributed by atoms with Crippen LogP contribution in [0.5, 0.6) is 0 Å². The Hall–Kier alpha value is -1.47. The van der Waals surface area contributed by atoms with Crippen LogP contribution in [0.2, 0.25) is 0 Å². The first kappa shape index (κ1) is 12.0. The highest BCUT2D eigenvalue weighted by Gasteiger charge is 2.44. The van der Waals surface area contributed by atoms with Crippen LogP contribution in [-0.2, 0) is 4.74 Å². The van der Waals surface area contributed by atoms with Gasteiger partial charge in [-0.05, 0) is 6.42 Å². The van der Waals surface area contributed by atoms with Gasteiger partial charge in [0.05, 0.1) is 6.10 Å². The van der Waals surface area contributed by atoms with Crippen molar-refractivity contribution in [2.24, 2.45) is 0 Å². The second kappa shape index (κ2) is 4.42. The number of nitrogens with zero attached hydrogens (tertiary/aromatic N) is 1. The van der Waals surface area contributed by atoms with E-state index in [1.54, 1.807) is 6.92 Å². The maximum Gasteiger partial charge on any atom is 0.330 e. The number of nitrogens with one attached hydrogen (secondary N) is 1. The standard InChI is InChI=1S/C10H13FN2O4/c1-2-5-8(15)7(11)9(17-5)13-4-3-6(14)12-10(13)16/h3-5,7-9,15H,2H2,1H3,(H,12,14,16)/t5-,7+,8-,9-/m0/s1. The van der Waals surface area contributed by atoms with Crippen molar-refractivity contribution < 1.29 is 14.2 Å². The minimum Gasteiger partial charge on any atom is -0.387 e. The molecule has 0 spiro atoms. The molecule has 2 heterocycles. The summed E-state index contributed by atoms with van der Waals surface area (Å²) in [4.78, 5) is 24.3. The predicted molar refractivity (Wildman–Crippen MR) is 56.4 cm³/mol. The third kappa shape index (κ3) is 2.03. The highest BCUT2D eigenvalue weighted by Crippen LogP contribution is 2.31. The maximum absolute atomic E-state index is 13.8. The fraction of sp³-hybridized carbons (Fsp3) is 0.600. The Morgan fingerprint density at radius 3 is 2.82 bits per heavy atom. The number of aromatic nitrogens is 2. The van der Waals surface area contributed by atoms with Crippen LogP contribution >= 0.6 is 0 Å². The molecule has 94 valence electrons. The molecule has 0 bridgehead atoms. The van der Waals surface area contributed by atoms with E-state index in [9.17, 15) is 19.1 Å². The van der Waals surface area contributed by atoms with Gasteiger partial charge in [-0.3, -0.25) is 14.3 Å². The van der Waals surface area contributed by atoms with Crippen molar-refractivity contribution in [1.82, 2.24) is 9.55 Å². The van der Waals surface area contributed by atoms with Crippen LogP contribution in [-0.4, -0.2) is 33.0 Å². The summed E-state index contributed by atoms with van der Waals surface area (Å²) < 4.78 is 20.0. The molecule has 7 heteroatoms. The molecule has 0 aromatic carbocycles. The van der Waals surface area contributed by atoms with Gasteiger partial charge in [-0.1, -0.05) is 6.92 Å². The third-order valence-electron chi connectivity index (χ3n) is 2.82. The molecule has 1 aliphatic heterocycles. The molecule has 1 fully saturated rings. The van der Waals surface area contributed by atoms with Crippen LogP contribution in [0.15, 0.2) is 21.9 Å². The number of hydrogen-bond donors (Lipinski definition) is 2. The summed E-state index contributed by atoms with van der Waals surface area (Å²) in [6.45, 7) is 1.75. The molecule has 4 atom stereocenters. The van der Waals surface area contributed by atoms with E-state index in [1.165, 1.54) is 0 Å². The highest BCUT2D eigenvalue weighted by molar-refractivity contribution is 4.92. The van der Waals surface area contributed by atoms with Gasteiger partial charge in [0.1, 0.15) is 6.10 Å². The van der Waals surface area contributed by atoms with E-state index in [1.807, 2.05) is 4.98 Å². The van der Waals surface area contributed by atoms with Crippen molar-refractivity contribution in [2.75, 3.05) is 0 Å². The molecule has 1 aromatic heterocycles. The summed E-state index contributed by atoms with van der Waals surface area (Å²) >= 11 is 0. The predicted octanol–water partition coefficient (Wildman–Crippen LogP) is -0.457. The first-order valence-corrected chi connectivity index (χ1v) is 5.33. The van der Waals surface area contributed by atoms with Gasteiger partial charge in [0.15, 0.2) is 12.4 Å². The SMILES string of the molecule is CC[C@@H]1O[C@H](n2ccc(=O)[nH]c2=O)[C@H](F)[C@H]1O. The van der Waals surface area contributed by atoms with Crippen molar-refractivity contribution in [3.63, 3.8) is 0 Å². The number of halogens is 1. The van der Waals surface area contributed by atoms with Gasteiger partial charge in [0.2, 0.25) is 0 Å². The Labute approximate surface area is 95.7 Å². The molecule has 2 N–H and O–H groups in total. The first-order chi connectivity index (χ1) is 8.04. The molecular weight excluding hydrogens is 231 g/mol. The van der Waals surface area contributed by atoms with Crippen LogP contribution in [0.4, 0.5) is 4.39 Å². The van der Waals surface area contributed by atoms with E-state index in [0.29, 0.717) is 6.42 Å². The molecule has 0 amide bonds. The van der Waals surface area contributed by atoms with E-state index in [0.717, 1.165) is 16.8 Å². The summed E-state index contributed by atoms with van der Waals surface area (Å²) in [6, 6.07) is 1.10. The fourth-order valence-electron chi connectivity index (χ4n) is 1.89. The second-order valence-electron chi connectivity index (χ2n) is 3.93. The Balaban J connectivity index is 2.35. The topological polar surface area (TPSA) is 84.3 Å². The smallest absolute Gasteiger partial charge is 0.330 e. The van der Waals surface area contributed by atoms with Gasteiger partial charge >= 0.3 is 5.69 Å². The summed E-state index contributed by atoms with van der Waals surface area (Å²) in [7, 11) is 0.